The van der Waals surface area contributed by atoms with Crippen molar-refractivity contribution in [3.8, 4) is 0 Å². The van der Waals surface area contributed by atoms with Crippen LogP contribution in [0.15, 0.2) is 48.5 Å². The fourth-order valence-electron chi connectivity index (χ4n) is 2.20. The predicted molar refractivity (Wildman–Crippen MR) is 84.8 cm³/mol. The van der Waals surface area contributed by atoms with Gasteiger partial charge in [-0.15, -0.1) is 0 Å². The average Bonchev–Trinajstić information content (AvgIpc) is 2.53. The molecular formula is C17H18N2O3. The van der Waals surface area contributed by atoms with Crippen molar-refractivity contribution < 1.29 is 9.72 Å². The number of benzene rings is 2. The SMILES string of the molecule is Cc1ccc(C(C)N(C)C(=O)c2cccc([N+](=O)[O-])c2)cc1. The highest BCUT2D eigenvalue weighted by Gasteiger charge is 2.20. The van der Waals surface area contributed by atoms with E-state index >= 15 is 0 Å². The van der Waals surface area contributed by atoms with E-state index < -0.39 is 4.92 Å². The molecule has 0 aliphatic carbocycles. The van der Waals surface area contributed by atoms with E-state index in [-0.39, 0.29) is 17.6 Å². The third kappa shape index (κ3) is 3.31. The summed E-state index contributed by atoms with van der Waals surface area (Å²) in [5.41, 5.74) is 2.41. The molecule has 0 heterocycles. The second kappa shape index (κ2) is 6.39. The van der Waals surface area contributed by atoms with E-state index in [2.05, 4.69) is 0 Å². The molecular weight excluding hydrogens is 280 g/mol. The van der Waals surface area contributed by atoms with Crippen molar-refractivity contribution in [2.24, 2.45) is 0 Å². The lowest BCUT2D eigenvalue weighted by atomic mass is 10.0. The van der Waals surface area contributed by atoms with Crippen molar-refractivity contribution in [3.63, 3.8) is 0 Å². The molecule has 0 saturated heterocycles. The van der Waals surface area contributed by atoms with E-state index in [0.29, 0.717) is 5.56 Å². The quantitative estimate of drug-likeness (QED) is 0.638. The second-order valence-corrected chi connectivity index (χ2v) is 5.31. The van der Waals surface area contributed by atoms with Crippen LogP contribution in [-0.2, 0) is 0 Å². The van der Waals surface area contributed by atoms with Crippen molar-refractivity contribution in [2.45, 2.75) is 19.9 Å². The zero-order chi connectivity index (χ0) is 16.3. The number of non-ortho nitro benzene ring substituents is 1. The van der Waals surface area contributed by atoms with Crippen molar-refractivity contribution in [3.05, 3.63) is 75.3 Å². The molecule has 5 heteroatoms. The Bertz CT molecular complexity index is 695. The molecule has 0 bridgehead atoms. The number of nitrogens with zero attached hydrogens (tertiary/aromatic N) is 2. The molecule has 0 saturated carbocycles. The number of nitro benzene ring substituents is 1. The number of carbonyl (C=O) groups excluding carboxylic acids is 1. The number of hydrogen-bond acceptors (Lipinski definition) is 3. The van der Waals surface area contributed by atoms with Gasteiger partial charge in [-0.1, -0.05) is 35.9 Å². The van der Waals surface area contributed by atoms with Crippen LogP contribution in [0.25, 0.3) is 0 Å². The maximum atomic E-state index is 12.5. The lowest BCUT2D eigenvalue weighted by Gasteiger charge is -2.25. The first-order chi connectivity index (χ1) is 10.4. The molecule has 0 aliphatic heterocycles. The smallest absolute Gasteiger partial charge is 0.270 e. The largest absolute Gasteiger partial charge is 0.335 e. The van der Waals surface area contributed by atoms with Crippen molar-refractivity contribution in [2.75, 3.05) is 7.05 Å². The van der Waals surface area contributed by atoms with Gasteiger partial charge in [0.2, 0.25) is 0 Å². The fourth-order valence-corrected chi connectivity index (χ4v) is 2.20. The normalized spacial score (nSPS) is 11.8. The maximum absolute atomic E-state index is 12.5. The van der Waals surface area contributed by atoms with Gasteiger partial charge in [-0.25, -0.2) is 0 Å². The standard InChI is InChI=1S/C17H18N2O3/c1-12-7-9-14(10-8-12)13(2)18(3)17(20)15-5-4-6-16(11-15)19(21)22/h4-11,13H,1-3H3. The number of hydrogen-bond donors (Lipinski definition) is 0. The van der Waals surface area contributed by atoms with Gasteiger partial charge in [0.1, 0.15) is 0 Å². The minimum atomic E-state index is -0.500. The van der Waals surface area contributed by atoms with Crippen molar-refractivity contribution in [1.82, 2.24) is 4.90 Å². The van der Waals surface area contributed by atoms with Crippen LogP contribution in [0.4, 0.5) is 5.69 Å². The summed E-state index contributed by atoms with van der Waals surface area (Å²) in [4.78, 5) is 24.4. The van der Waals surface area contributed by atoms with Gasteiger partial charge in [0, 0.05) is 24.7 Å². The van der Waals surface area contributed by atoms with Crippen LogP contribution in [0.3, 0.4) is 0 Å². The molecule has 0 spiro atoms. The lowest BCUT2D eigenvalue weighted by molar-refractivity contribution is -0.384. The van der Waals surface area contributed by atoms with Gasteiger partial charge in [0.05, 0.1) is 11.0 Å². The topological polar surface area (TPSA) is 63.5 Å². The summed E-state index contributed by atoms with van der Waals surface area (Å²) >= 11 is 0. The minimum absolute atomic E-state index is 0.0813. The van der Waals surface area contributed by atoms with Gasteiger partial charge in [-0.2, -0.15) is 0 Å². The van der Waals surface area contributed by atoms with E-state index in [9.17, 15) is 14.9 Å². The monoisotopic (exact) mass is 298 g/mol. The molecule has 0 N–H and O–H groups in total. The second-order valence-electron chi connectivity index (χ2n) is 5.31. The van der Waals surface area contributed by atoms with Crippen LogP contribution < -0.4 is 0 Å². The highest BCUT2D eigenvalue weighted by atomic mass is 16.6. The molecule has 2 rings (SSSR count). The first kappa shape index (κ1) is 15.7. The molecule has 0 aromatic heterocycles. The van der Waals surface area contributed by atoms with Gasteiger partial charge in [-0.3, -0.25) is 14.9 Å². The Morgan fingerprint density at radius 2 is 1.82 bits per heavy atom. The molecule has 5 nitrogen and oxygen atoms in total. The Kier molecular flexibility index (Phi) is 4.56. The number of amides is 1. The van der Waals surface area contributed by atoms with E-state index in [1.54, 1.807) is 18.0 Å². The molecule has 2 aromatic rings. The van der Waals surface area contributed by atoms with Gasteiger partial charge >= 0.3 is 0 Å². The lowest BCUT2D eigenvalue weighted by Crippen LogP contribution is -2.29. The van der Waals surface area contributed by atoms with Crippen LogP contribution >= 0.6 is 0 Å². The number of aryl methyl sites for hydroxylation is 1. The highest BCUT2D eigenvalue weighted by molar-refractivity contribution is 5.94. The third-order valence-electron chi connectivity index (χ3n) is 3.76. The summed E-state index contributed by atoms with van der Waals surface area (Å²) in [6.07, 6.45) is 0. The molecule has 0 aliphatic rings. The van der Waals surface area contributed by atoms with Gasteiger partial charge in [-0.05, 0) is 25.5 Å². The summed E-state index contributed by atoms with van der Waals surface area (Å²) in [7, 11) is 1.70. The summed E-state index contributed by atoms with van der Waals surface area (Å²) in [5, 5.41) is 10.8. The van der Waals surface area contributed by atoms with E-state index in [0.717, 1.165) is 11.1 Å². The number of nitro groups is 1. The summed E-state index contributed by atoms with van der Waals surface area (Å²) in [6, 6.07) is 13.6. The summed E-state index contributed by atoms with van der Waals surface area (Å²) in [5.74, 6) is -0.239. The Labute approximate surface area is 129 Å². The van der Waals surface area contributed by atoms with E-state index in [4.69, 9.17) is 0 Å². The Hall–Kier alpha value is -2.69. The Morgan fingerprint density at radius 3 is 2.41 bits per heavy atom. The van der Waals surface area contributed by atoms with E-state index in [1.807, 2.05) is 38.1 Å². The molecule has 1 unspecified atom stereocenters. The zero-order valence-corrected chi connectivity index (χ0v) is 12.8. The van der Waals surface area contributed by atoms with Crippen LogP contribution in [0.5, 0.6) is 0 Å². The van der Waals surface area contributed by atoms with Crippen molar-refractivity contribution in [1.29, 1.82) is 0 Å². The Balaban J connectivity index is 2.23. The molecule has 0 radical (unpaired) electrons. The first-order valence-corrected chi connectivity index (χ1v) is 6.98. The number of rotatable bonds is 4. The van der Waals surface area contributed by atoms with Crippen molar-refractivity contribution >= 4 is 11.6 Å². The molecule has 114 valence electrons. The van der Waals surface area contributed by atoms with Crippen LogP contribution in [-0.4, -0.2) is 22.8 Å². The maximum Gasteiger partial charge on any atom is 0.270 e. The van der Waals surface area contributed by atoms with E-state index in [1.165, 1.54) is 18.2 Å². The molecule has 22 heavy (non-hydrogen) atoms. The predicted octanol–water partition coefficient (Wildman–Crippen LogP) is 3.74. The summed E-state index contributed by atoms with van der Waals surface area (Å²) in [6.45, 7) is 3.94. The van der Waals surface area contributed by atoms with Crippen LogP contribution in [0.2, 0.25) is 0 Å². The van der Waals surface area contributed by atoms with Gasteiger partial charge in [0.25, 0.3) is 11.6 Å². The third-order valence-corrected chi connectivity index (χ3v) is 3.76. The average molecular weight is 298 g/mol. The zero-order valence-electron chi connectivity index (χ0n) is 12.8. The van der Waals surface area contributed by atoms with Gasteiger partial charge < -0.3 is 4.90 Å². The first-order valence-electron chi connectivity index (χ1n) is 6.98. The molecule has 2 aromatic carbocycles. The van der Waals surface area contributed by atoms with Crippen LogP contribution in [0, 0.1) is 17.0 Å². The molecule has 0 fully saturated rings. The minimum Gasteiger partial charge on any atom is -0.335 e. The molecule has 1 atom stereocenters. The fraction of sp³-hybridized carbons (Fsp3) is 0.235. The van der Waals surface area contributed by atoms with Gasteiger partial charge in [0.15, 0.2) is 0 Å². The molecule has 1 amide bonds. The highest BCUT2D eigenvalue weighted by Crippen LogP contribution is 2.22. The van der Waals surface area contributed by atoms with Crippen LogP contribution in [0.1, 0.15) is 34.5 Å². The Morgan fingerprint density at radius 1 is 1.18 bits per heavy atom. The number of carbonyl (C=O) groups is 1. The summed E-state index contributed by atoms with van der Waals surface area (Å²) < 4.78 is 0.